The van der Waals surface area contributed by atoms with E-state index in [4.69, 9.17) is 4.74 Å². The minimum absolute atomic E-state index is 0.145. The van der Waals surface area contributed by atoms with Gasteiger partial charge in [-0.05, 0) is 48.9 Å². The molecule has 8 nitrogen and oxygen atoms in total. The number of fused-ring (bicyclic) bond motifs is 2. The number of benzene rings is 2. The molecule has 0 aliphatic rings. The molecule has 0 aliphatic heterocycles. The number of rotatable bonds is 5. The molecule has 0 saturated carbocycles. The molecule has 8 heteroatoms. The largest absolute Gasteiger partial charge is 0.497 e. The van der Waals surface area contributed by atoms with Gasteiger partial charge in [-0.15, -0.1) is 0 Å². The number of amides is 1. The summed E-state index contributed by atoms with van der Waals surface area (Å²) in [5.74, 6) is 0.564. The van der Waals surface area contributed by atoms with Crippen LogP contribution in [0.25, 0.3) is 33.2 Å². The van der Waals surface area contributed by atoms with E-state index in [1.165, 1.54) is 0 Å². The first-order valence-corrected chi connectivity index (χ1v) is 9.85. The maximum atomic E-state index is 12.8. The van der Waals surface area contributed by atoms with Crippen LogP contribution in [-0.4, -0.2) is 38.2 Å². The van der Waals surface area contributed by atoms with Crippen molar-refractivity contribution in [2.24, 2.45) is 0 Å². The predicted octanol–water partition coefficient (Wildman–Crippen LogP) is 4.00. The molecule has 0 bridgehead atoms. The Morgan fingerprint density at radius 3 is 2.58 bits per heavy atom. The van der Waals surface area contributed by atoms with Crippen molar-refractivity contribution in [1.82, 2.24) is 30.5 Å². The standard InChI is InChI=1S/C23H20N6O2/c1-13(15-4-3-5-16(10-15)31-2)25-23(30)22-26-19-11-17-18(12-20(19)27-22)28-29-21(17)14-6-8-24-9-7-14/h3-13,28-29H,1-2H3,(H,25,30). The van der Waals surface area contributed by atoms with Crippen LogP contribution < -0.4 is 10.1 Å². The quantitative estimate of drug-likeness (QED) is 0.404. The third kappa shape index (κ3) is 3.48. The number of carbonyl (C=O) groups excluding carboxylic acids is 1. The van der Waals surface area contributed by atoms with Gasteiger partial charge in [0.05, 0.1) is 35.4 Å². The molecule has 0 aliphatic carbocycles. The molecule has 1 atom stereocenters. The van der Waals surface area contributed by atoms with Crippen LogP contribution in [0.5, 0.6) is 5.75 Å². The summed E-state index contributed by atoms with van der Waals surface area (Å²) in [5.41, 5.74) is 5.08. The van der Waals surface area contributed by atoms with E-state index in [0.29, 0.717) is 11.0 Å². The van der Waals surface area contributed by atoms with Gasteiger partial charge in [-0.1, -0.05) is 12.1 Å². The van der Waals surface area contributed by atoms with Crippen molar-refractivity contribution in [1.29, 1.82) is 0 Å². The normalized spacial score (nSPS) is 12.2. The van der Waals surface area contributed by atoms with E-state index in [1.54, 1.807) is 19.5 Å². The molecule has 0 radical (unpaired) electrons. The lowest BCUT2D eigenvalue weighted by molar-refractivity contribution is 0.0930. The molecule has 2 aromatic carbocycles. The molecule has 5 rings (SSSR count). The first kappa shape index (κ1) is 18.8. The SMILES string of the molecule is COc1cccc(C(C)NC(=O)c2nc3cc4[nH][nH]c(-c5ccncc5)c4cc3n2)c1. The fourth-order valence-electron chi connectivity index (χ4n) is 3.62. The first-order chi connectivity index (χ1) is 15.1. The lowest BCUT2D eigenvalue weighted by atomic mass is 10.1. The lowest BCUT2D eigenvalue weighted by Crippen LogP contribution is -2.27. The number of H-pyrrole nitrogens is 2. The Bertz CT molecular complexity index is 1390. The van der Waals surface area contributed by atoms with Gasteiger partial charge in [-0.2, -0.15) is 0 Å². The Kier molecular flexibility index (Phi) is 4.59. The summed E-state index contributed by atoms with van der Waals surface area (Å²) < 4.78 is 5.26. The van der Waals surface area contributed by atoms with Gasteiger partial charge in [-0.3, -0.25) is 14.9 Å². The second-order valence-corrected chi connectivity index (χ2v) is 7.27. The highest BCUT2D eigenvalue weighted by atomic mass is 16.5. The van der Waals surface area contributed by atoms with Gasteiger partial charge >= 0.3 is 0 Å². The zero-order chi connectivity index (χ0) is 21.4. The maximum Gasteiger partial charge on any atom is 0.289 e. The Morgan fingerprint density at radius 1 is 1.03 bits per heavy atom. The monoisotopic (exact) mass is 412 g/mol. The van der Waals surface area contributed by atoms with Gasteiger partial charge < -0.3 is 15.2 Å². The van der Waals surface area contributed by atoms with E-state index in [1.807, 2.05) is 55.5 Å². The molecule has 3 heterocycles. The molecule has 3 aromatic heterocycles. The molecule has 1 amide bonds. The molecule has 0 spiro atoms. The van der Waals surface area contributed by atoms with Crippen molar-refractivity contribution < 1.29 is 9.53 Å². The summed E-state index contributed by atoms with van der Waals surface area (Å²) in [6.45, 7) is 1.91. The van der Waals surface area contributed by atoms with Crippen molar-refractivity contribution in [2.75, 3.05) is 7.11 Å². The highest BCUT2D eigenvalue weighted by Gasteiger charge is 2.18. The predicted molar refractivity (Wildman–Crippen MR) is 118 cm³/mol. The molecule has 31 heavy (non-hydrogen) atoms. The van der Waals surface area contributed by atoms with Crippen LogP contribution in [0.2, 0.25) is 0 Å². The summed E-state index contributed by atoms with van der Waals surface area (Å²) in [6, 6.07) is 15.1. The van der Waals surface area contributed by atoms with Crippen LogP contribution in [0, 0.1) is 0 Å². The molecular formula is C23H20N6O2. The van der Waals surface area contributed by atoms with Crippen molar-refractivity contribution in [3.8, 4) is 17.0 Å². The number of methoxy groups -OCH3 is 1. The van der Waals surface area contributed by atoms with Gasteiger partial charge in [0.1, 0.15) is 5.75 Å². The van der Waals surface area contributed by atoms with Gasteiger partial charge in [0, 0.05) is 23.3 Å². The number of hydrogen-bond acceptors (Lipinski definition) is 5. The number of nitrogens with zero attached hydrogens (tertiary/aromatic N) is 3. The van der Waals surface area contributed by atoms with Crippen LogP contribution in [0.1, 0.15) is 29.1 Å². The smallest absolute Gasteiger partial charge is 0.289 e. The van der Waals surface area contributed by atoms with Crippen molar-refractivity contribution >= 4 is 27.8 Å². The van der Waals surface area contributed by atoms with E-state index in [0.717, 1.165) is 33.5 Å². The lowest BCUT2D eigenvalue weighted by Gasteiger charge is -2.14. The molecule has 154 valence electrons. The first-order valence-electron chi connectivity index (χ1n) is 9.85. The highest BCUT2D eigenvalue weighted by molar-refractivity contribution is 6.02. The minimum atomic E-state index is -0.323. The molecule has 0 fully saturated rings. The Hall–Kier alpha value is -4.20. The summed E-state index contributed by atoms with van der Waals surface area (Å²) in [5, 5.41) is 10.3. The van der Waals surface area contributed by atoms with E-state index < -0.39 is 0 Å². The Labute approximate surface area is 177 Å². The summed E-state index contributed by atoms with van der Waals surface area (Å²) >= 11 is 0. The van der Waals surface area contributed by atoms with Crippen LogP contribution in [0.3, 0.4) is 0 Å². The van der Waals surface area contributed by atoms with Gasteiger partial charge in [0.25, 0.3) is 5.91 Å². The average molecular weight is 412 g/mol. The molecular weight excluding hydrogens is 392 g/mol. The Balaban J connectivity index is 1.44. The minimum Gasteiger partial charge on any atom is -0.497 e. The zero-order valence-corrected chi connectivity index (χ0v) is 17.0. The van der Waals surface area contributed by atoms with Gasteiger partial charge in [0.2, 0.25) is 5.82 Å². The fraction of sp³-hybridized carbons (Fsp3) is 0.130. The topological polar surface area (TPSA) is 109 Å². The number of aromatic nitrogens is 5. The van der Waals surface area contributed by atoms with Crippen LogP contribution in [-0.2, 0) is 0 Å². The number of nitrogens with one attached hydrogen (secondary N) is 3. The van der Waals surface area contributed by atoms with Crippen LogP contribution >= 0.6 is 0 Å². The number of hydrogen-bond donors (Lipinski definition) is 3. The zero-order valence-electron chi connectivity index (χ0n) is 17.0. The second-order valence-electron chi connectivity index (χ2n) is 7.27. The molecule has 3 N–H and O–H groups in total. The fourth-order valence-corrected chi connectivity index (χ4v) is 3.62. The molecule has 0 saturated heterocycles. The second kappa shape index (κ2) is 7.56. The summed E-state index contributed by atoms with van der Waals surface area (Å²) in [4.78, 5) is 25.8. The number of pyridine rings is 1. The highest BCUT2D eigenvalue weighted by Crippen LogP contribution is 2.29. The van der Waals surface area contributed by atoms with Crippen molar-refractivity contribution in [3.05, 3.63) is 72.3 Å². The van der Waals surface area contributed by atoms with Crippen LogP contribution in [0.4, 0.5) is 0 Å². The van der Waals surface area contributed by atoms with E-state index >= 15 is 0 Å². The number of aromatic amines is 2. The average Bonchev–Trinajstić information content (AvgIpc) is 3.41. The van der Waals surface area contributed by atoms with E-state index in [9.17, 15) is 4.79 Å². The van der Waals surface area contributed by atoms with Gasteiger partial charge in [-0.25, -0.2) is 9.97 Å². The van der Waals surface area contributed by atoms with Crippen molar-refractivity contribution in [3.63, 3.8) is 0 Å². The van der Waals surface area contributed by atoms with Crippen molar-refractivity contribution in [2.45, 2.75) is 13.0 Å². The molecule has 1 unspecified atom stereocenters. The van der Waals surface area contributed by atoms with Crippen LogP contribution in [0.15, 0.2) is 60.9 Å². The molecule has 5 aromatic rings. The summed E-state index contributed by atoms with van der Waals surface area (Å²) in [6.07, 6.45) is 3.49. The van der Waals surface area contributed by atoms with Gasteiger partial charge in [0.15, 0.2) is 0 Å². The third-order valence-corrected chi connectivity index (χ3v) is 5.27. The summed E-state index contributed by atoms with van der Waals surface area (Å²) in [7, 11) is 1.62. The maximum absolute atomic E-state index is 12.8. The third-order valence-electron chi connectivity index (χ3n) is 5.27. The van der Waals surface area contributed by atoms with E-state index in [2.05, 4.69) is 30.5 Å². The Morgan fingerprint density at radius 2 is 1.81 bits per heavy atom. The van der Waals surface area contributed by atoms with E-state index in [-0.39, 0.29) is 17.8 Å². The number of ether oxygens (including phenoxy) is 1. The number of imidazole rings is 1. The number of carbonyl (C=O) groups is 1.